The van der Waals surface area contributed by atoms with E-state index in [1.807, 2.05) is 0 Å². The molecular formula is C20H13NaO10S3. The summed E-state index contributed by atoms with van der Waals surface area (Å²) >= 11 is 0. The topological polar surface area (TPSA) is 176 Å². The molecule has 0 atom stereocenters. The third kappa shape index (κ3) is 4.02. The van der Waals surface area contributed by atoms with Crippen LogP contribution in [-0.2, 0) is 30.4 Å². The van der Waals surface area contributed by atoms with Gasteiger partial charge in [-0.15, -0.1) is 0 Å². The molecule has 5 rings (SSSR count). The van der Waals surface area contributed by atoms with E-state index in [1.54, 1.807) is 6.07 Å². The Labute approximate surface area is 214 Å². The van der Waals surface area contributed by atoms with Crippen LogP contribution in [0.15, 0.2) is 73.7 Å². The average Bonchev–Trinajstić information content (AvgIpc) is 3.09. The van der Waals surface area contributed by atoms with Crippen LogP contribution in [0.4, 0.5) is 0 Å². The maximum atomic E-state index is 12.0. The van der Waals surface area contributed by atoms with Crippen LogP contribution in [0.2, 0.25) is 0 Å². The van der Waals surface area contributed by atoms with Crippen molar-refractivity contribution in [3.63, 3.8) is 0 Å². The Kier molecular flexibility index (Phi) is 5.87. The van der Waals surface area contributed by atoms with Gasteiger partial charge in [-0.1, -0.05) is 18.2 Å². The van der Waals surface area contributed by atoms with Crippen LogP contribution in [0.1, 0.15) is 0 Å². The van der Waals surface area contributed by atoms with Gasteiger partial charge in [0.25, 0.3) is 30.4 Å². The minimum absolute atomic E-state index is 0. The van der Waals surface area contributed by atoms with Crippen molar-refractivity contribution in [3.8, 4) is 0 Å². The summed E-state index contributed by atoms with van der Waals surface area (Å²) in [6, 6.07) is 11.3. The van der Waals surface area contributed by atoms with Crippen molar-refractivity contribution in [2.45, 2.75) is 14.7 Å². The second kappa shape index (κ2) is 7.98. The van der Waals surface area contributed by atoms with Gasteiger partial charge in [0.2, 0.25) is 0 Å². The van der Waals surface area contributed by atoms with Gasteiger partial charge in [0.15, 0.2) is 0 Å². The van der Waals surface area contributed by atoms with Crippen molar-refractivity contribution in [1.29, 1.82) is 0 Å². The first-order valence-electron chi connectivity index (χ1n) is 9.03. The molecule has 0 aliphatic heterocycles. The quantitative estimate of drug-likeness (QED) is 0.231. The molecule has 0 aliphatic carbocycles. The van der Waals surface area contributed by atoms with E-state index in [4.69, 9.17) is 4.42 Å². The first-order valence-corrected chi connectivity index (χ1v) is 13.4. The van der Waals surface area contributed by atoms with Gasteiger partial charge in [-0.05, 0) is 46.5 Å². The first-order chi connectivity index (χ1) is 15.2. The molecule has 14 heteroatoms. The Hall–Kier alpha value is -2.07. The molecule has 0 unspecified atom stereocenters. The summed E-state index contributed by atoms with van der Waals surface area (Å²) in [5.74, 6) is 0. The second-order valence-electron chi connectivity index (χ2n) is 7.30. The molecule has 5 aromatic rings. The summed E-state index contributed by atoms with van der Waals surface area (Å²) in [6.45, 7) is 0. The fourth-order valence-electron chi connectivity index (χ4n) is 3.97. The van der Waals surface area contributed by atoms with Crippen LogP contribution in [0.5, 0.6) is 0 Å². The SMILES string of the molecule is O=S(=O)(O)c1ccc2c(ccc3oc4cc(S(=O)(=O)O)c5cc(S(=O)(=O)O)ccc5c4c32)c1.[NaH]. The molecule has 0 fully saturated rings. The molecule has 1 heterocycles. The molecule has 172 valence electrons. The summed E-state index contributed by atoms with van der Waals surface area (Å²) in [4.78, 5) is -1.51. The molecule has 0 bridgehead atoms. The number of benzene rings is 4. The van der Waals surface area contributed by atoms with E-state index in [-0.39, 0.29) is 50.8 Å². The molecule has 0 saturated heterocycles. The van der Waals surface area contributed by atoms with Gasteiger partial charge in [-0.25, -0.2) is 0 Å². The van der Waals surface area contributed by atoms with Gasteiger partial charge in [0.1, 0.15) is 16.1 Å². The summed E-state index contributed by atoms with van der Waals surface area (Å²) < 4.78 is 105. The zero-order valence-electron chi connectivity index (χ0n) is 16.1. The van der Waals surface area contributed by atoms with Crippen LogP contribution in [0, 0.1) is 0 Å². The predicted octanol–water partition coefficient (Wildman–Crippen LogP) is 2.98. The molecule has 34 heavy (non-hydrogen) atoms. The van der Waals surface area contributed by atoms with Crippen LogP contribution in [0.25, 0.3) is 43.5 Å². The Bertz CT molecular complexity index is 1990. The van der Waals surface area contributed by atoms with E-state index < -0.39 is 40.1 Å². The molecule has 1 aromatic heterocycles. The normalized spacial score (nSPS) is 13.0. The van der Waals surface area contributed by atoms with Crippen molar-refractivity contribution in [2.75, 3.05) is 0 Å². The Morgan fingerprint density at radius 3 is 1.71 bits per heavy atom. The summed E-state index contributed by atoms with van der Waals surface area (Å²) in [6.07, 6.45) is 0. The van der Waals surface area contributed by atoms with Crippen molar-refractivity contribution < 1.29 is 43.3 Å². The van der Waals surface area contributed by atoms with Crippen molar-refractivity contribution in [2.24, 2.45) is 0 Å². The number of hydrogen-bond acceptors (Lipinski definition) is 7. The molecular weight excluding hydrogens is 519 g/mol. The second-order valence-corrected chi connectivity index (χ2v) is 11.5. The zero-order chi connectivity index (χ0) is 23.9. The van der Waals surface area contributed by atoms with Gasteiger partial charge < -0.3 is 4.42 Å². The van der Waals surface area contributed by atoms with Crippen molar-refractivity contribution in [3.05, 3.63) is 54.6 Å². The number of hydrogen-bond donors (Lipinski definition) is 3. The van der Waals surface area contributed by atoms with Crippen LogP contribution < -0.4 is 0 Å². The molecule has 0 aliphatic rings. The monoisotopic (exact) mass is 532 g/mol. The molecule has 0 spiro atoms. The van der Waals surface area contributed by atoms with Crippen LogP contribution in [-0.4, -0.2) is 68.5 Å². The van der Waals surface area contributed by atoms with E-state index >= 15 is 0 Å². The summed E-state index contributed by atoms with van der Waals surface area (Å²) in [7, 11) is -13.9. The van der Waals surface area contributed by atoms with E-state index in [2.05, 4.69) is 0 Å². The van der Waals surface area contributed by atoms with E-state index in [1.165, 1.54) is 30.3 Å². The molecule has 0 amide bonds. The third-order valence-electron chi connectivity index (χ3n) is 5.33. The van der Waals surface area contributed by atoms with Gasteiger partial charge in [0, 0.05) is 22.2 Å². The standard InChI is InChI=1S/C20H12O10S3.Na.H/c21-31(22,23)11-2-4-13-10(7-11)1-6-16-19(13)20-14-5-3-12(32(24,25)26)8-15(14)18(33(27,28)29)9-17(20)30-16;;/h1-9H,(H,21,22,23)(H,24,25,26)(H,27,28,29);;. The summed E-state index contributed by atoms with van der Waals surface area (Å²) in [5, 5.41) is 1.82. The van der Waals surface area contributed by atoms with Gasteiger partial charge in [-0.3, -0.25) is 13.7 Å². The Morgan fingerprint density at radius 1 is 0.559 bits per heavy atom. The predicted molar refractivity (Wildman–Crippen MR) is 125 cm³/mol. The van der Waals surface area contributed by atoms with Gasteiger partial charge in [-0.2, -0.15) is 25.3 Å². The molecule has 4 aromatic carbocycles. The van der Waals surface area contributed by atoms with E-state index in [0.29, 0.717) is 27.1 Å². The fraction of sp³-hybridized carbons (Fsp3) is 0. The first kappa shape index (κ1) is 25.0. The minimum atomic E-state index is -4.82. The molecule has 3 N–H and O–H groups in total. The van der Waals surface area contributed by atoms with E-state index in [9.17, 15) is 38.9 Å². The van der Waals surface area contributed by atoms with E-state index in [0.717, 1.165) is 18.2 Å². The summed E-state index contributed by atoms with van der Waals surface area (Å²) in [5.41, 5.74) is 0.376. The number of furan rings is 1. The van der Waals surface area contributed by atoms with Crippen molar-refractivity contribution in [1.82, 2.24) is 0 Å². The number of fused-ring (bicyclic) bond motifs is 7. The van der Waals surface area contributed by atoms with Gasteiger partial charge >= 0.3 is 29.6 Å². The maximum absolute atomic E-state index is 12.0. The fourth-order valence-corrected chi connectivity index (χ4v) is 5.69. The molecule has 10 nitrogen and oxygen atoms in total. The Morgan fingerprint density at radius 2 is 1.12 bits per heavy atom. The van der Waals surface area contributed by atoms with Crippen LogP contribution in [0.3, 0.4) is 0 Å². The van der Waals surface area contributed by atoms with Crippen molar-refractivity contribution >= 4 is 103 Å². The third-order valence-corrected chi connectivity index (χ3v) is 7.92. The van der Waals surface area contributed by atoms with Gasteiger partial charge in [0.05, 0.1) is 9.79 Å². The Balaban J connectivity index is 0.00000274. The average molecular weight is 533 g/mol. The number of rotatable bonds is 3. The zero-order valence-corrected chi connectivity index (χ0v) is 18.6. The molecule has 0 saturated carbocycles. The van der Waals surface area contributed by atoms with Crippen LogP contribution >= 0.6 is 0 Å². The molecule has 0 radical (unpaired) electrons.